The van der Waals surface area contributed by atoms with Gasteiger partial charge in [-0.1, -0.05) is 48.5 Å². The Bertz CT molecular complexity index is 1230. The van der Waals surface area contributed by atoms with Gasteiger partial charge in [-0.3, -0.25) is 4.90 Å². The molecule has 3 atom stereocenters. The number of hydrogen-bond acceptors (Lipinski definition) is 4. The van der Waals surface area contributed by atoms with Gasteiger partial charge in [0.15, 0.2) is 0 Å². The first-order valence-electron chi connectivity index (χ1n) is 12.4. The number of anilines is 2. The van der Waals surface area contributed by atoms with Crippen LogP contribution in [-0.4, -0.2) is 50.3 Å². The maximum atomic E-state index is 13.0. The number of rotatable bonds is 5. The van der Waals surface area contributed by atoms with Crippen LogP contribution in [0.1, 0.15) is 29.9 Å². The average Bonchev–Trinajstić information content (AvgIpc) is 3.43. The molecule has 186 valence electrons. The molecule has 1 saturated carbocycles. The summed E-state index contributed by atoms with van der Waals surface area (Å²) < 4.78 is 5.71. The van der Waals surface area contributed by atoms with Gasteiger partial charge in [-0.25, -0.2) is 9.59 Å². The normalized spacial score (nSPS) is 19.9. The summed E-state index contributed by atoms with van der Waals surface area (Å²) in [4.78, 5) is 31.2. The lowest BCUT2D eigenvalue weighted by Crippen LogP contribution is -2.50. The third-order valence-corrected chi connectivity index (χ3v) is 7.38. The maximum absolute atomic E-state index is 13.0. The van der Waals surface area contributed by atoms with Gasteiger partial charge in [-0.05, 0) is 54.3 Å². The van der Waals surface area contributed by atoms with Crippen molar-refractivity contribution in [2.45, 2.75) is 37.4 Å². The molecule has 0 saturated heterocycles. The van der Waals surface area contributed by atoms with Crippen LogP contribution in [0.25, 0.3) is 0 Å². The molecule has 0 spiro atoms. The molecular formula is C29H32N4O3. The summed E-state index contributed by atoms with van der Waals surface area (Å²) in [6.07, 6.45) is 1.45. The summed E-state index contributed by atoms with van der Waals surface area (Å²) in [7, 11) is 5.61. The van der Waals surface area contributed by atoms with Gasteiger partial charge < -0.3 is 19.9 Å². The standard InChI is InChI=1S/C29H32N4O3/c1-31(19-20-10-6-4-7-11-20)28(34)30-25-16-15-23-24-18-22(14-17-26(24)33(3)27(23)25)36-29(35)32(2)21-12-8-5-9-13-21/h4-14,17-18,23,25,27H,15-16,19H2,1-3H3,(H,30,34). The number of para-hydroxylation sites is 1. The quantitative estimate of drug-likeness (QED) is 0.539. The molecule has 1 fully saturated rings. The van der Waals surface area contributed by atoms with Crippen LogP contribution in [0.5, 0.6) is 5.75 Å². The molecule has 1 aliphatic heterocycles. The Morgan fingerprint density at radius 3 is 2.39 bits per heavy atom. The number of hydrogen-bond donors (Lipinski definition) is 1. The van der Waals surface area contributed by atoms with E-state index >= 15 is 0 Å². The van der Waals surface area contributed by atoms with Crippen molar-refractivity contribution in [2.24, 2.45) is 0 Å². The lowest BCUT2D eigenvalue weighted by molar-refractivity contribution is 0.201. The molecule has 5 rings (SSSR count). The summed E-state index contributed by atoms with van der Waals surface area (Å²) in [5.41, 5.74) is 4.17. The number of carbonyl (C=O) groups excluding carboxylic acids is 2. The zero-order chi connectivity index (χ0) is 25.2. The first kappa shape index (κ1) is 23.7. The van der Waals surface area contributed by atoms with Crippen LogP contribution in [0.2, 0.25) is 0 Å². The van der Waals surface area contributed by atoms with Gasteiger partial charge in [0.25, 0.3) is 0 Å². The van der Waals surface area contributed by atoms with Crippen molar-refractivity contribution in [2.75, 3.05) is 30.9 Å². The second-order valence-corrected chi connectivity index (χ2v) is 9.67. The van der Waals surface area contributed by atoms with Crippen molar-refractivity contribution in [3.05, 3.63) is 90.0 Å². The van der Waals surface area contributed by atoms with Crippen molar-refractivity contribution in [3.63, 3.8) is 0 Å². The number of nitrogens with zero attached hydrogens (tertiary/aromatic N) is 3. The molecule has 7 heteroatoms. The van der Waals surface area contributed by atoms with E-state index in [0.29, 0.717) is 12.3 Å². The lowest BCUT2D eigenvalue weighted by atomic mass is 9.97. The van der Waals surface area contributed by atoms with Crippen LogP contribution in [0.4, 0.5) is 21.0 Å². The minimum Gasteiger partial charge on any atom is -0.410 e. The van der Waals surface area contributed by atoms with Crippen LogP contribution in [0.3, 0.4) is 0 Å². The summed E-state index contributed by atoms with van der Waals surface area (Å²) in [5.74, 6) is 0.811. The van der Waals surface area contributed by atoms with Crippen molar-refractivity contribution in [3.8, 4) is 5.75 Å². The molecule has 0 aromatic heterocycles. The number of nitrogens with one attached hydrogen (secondary N) is 1. The van der Waals surface area contributed by atoms with Crippen molar-refractivity contribution in [1.82, 2.24) is 10.2 Å². The minimum atomic E-state index is -0.429. The first-order chi connectivity index (χ1) is 17.4. The Morgan fingerprint density at radius 2 is 1.67 bits per heavy atom. The Balaban J connectivity index is 1.25. The van der Waals surface area contributed by atoms with E-state index in [0.717, 1.165) is 29.8 Å². The van der Waals surface area contributed by atoms with E-state index in [1.807, 2.05) is 85.9 Å². The van der Waals surface area contributed by atoms with Crippen molar-refractivity contribution >= 4 is 23.5 Å². The third-order valence-electron chi connectivity index (χ3n) is 7.38. The summed E-state index contributed by atoms with van der Waals surface area (Å²) >= 11 is 0. The number of likely N-dealkylation sites (N-methyl/N-ethyl adjacent to an activating group) is 1. The predicted octanol–water partition coefficient (Wildman–Crippen LogP) is 5.23. The Morgan fingerprint density at radius 1 is 0.972 bits per heavy atom. The Kier molecular flexibility index (Phi) is 6.55. The summed E-state index contributed by atoms with van der Waals surface area (Å²) in [5, 5.41) is 3.27. The Labute approximate surface area is 212 Å². The fourth-order valence-electron chi connectivity index (χ4n) is 5.52. The molecule has 1 heterocycles. The molecule has 1 aliphatic carbocycles. The highest BCUT2D eigenvalue weighted by Crippen LogP contribution is 2.49. The van der Waals surface area contributed by atoms with Gasteiger partial charge in [0.2, 0.25) is 0 Å². The van der Waals surface area contributed by atoms with Crippen molar-refractivity contribution < 1.29 is 14.3 Å². The Hall–Kier alpha value is -4.00. The van der Waals surface area contributed by atoms with Gasteiger partial charge in [-0.2, -0.15) is 0 Å². The van der Waals surface area contributed by atoms with Crippen LogP contribution < -0.4 is 19.9 Å². The number of amides is 3. The van der Waals surface area contributed by atoms with E-state index in [1.54, 1.807) is 11.9 Å². The highest BCUT2D eigenvalue weighted by atomic mass is 16.6. The number of fused-ring (bicyclic) bond motifs is 3. The molecule has 1 N–H and O–H groups in total. The van der Waals surface area contributed by atoms with Crippen LogP contribution in [0.15, 0.2) is 78.9 Å². The molecule has 3 unspecified atom stereocenters. The van der Waals surface area contributed by atoms with E-state index in [-0.39, 0.29) is 24.0 Å². The minimum absolute atomic E-state index is 0.0494. The zero-order valence-electron chi connectivity index (χ0n) is 20.9. The first-order valence-corrected chi connectivity index (χ1v) is 12.4. The van der Waals surface area contributed by atoms with Crippen LogP contribution >= 0.6 is 0 Å². The third kappa shape index (κ3) is 4.61. The van der Waals surface area contributed by atoms with Gasteiger partial charge in [0.05, 0.1) is 12.1 Å². The summed E-state index contributed by atoms with van der Waals surface area (Å²) in [6.45, 7) is 0.565. The molecular weight excluding hydrogens is 452 g/mol. The number of ether oxygens (including phenoxy) is 1. The maximum Gasteiger partial charge on any atom is 0.419 e. The van der Waals surface area contributed by atoms with Crippen molar-refractivity contribution in [1.29, 1.82) is 0 Å². The molecule has 36 heavy (non-hydrogen) atoms. The summed E-state index contributed by atoms with van der Waals surface area (Å²) in [6, 6.07) is 25.4. The molecule has 3 aromatic rings. The zero-order valence-corrected chi connectivity index (χ0v) is 20.9. The van der Waals surface area contributed by atoms with Gasteiger partial charge in [0.1, 0.15) is 5.75 Å². The highest BCUT2D eigenvalue weighted by Gasteiger charge is 2.46. The fraction of sp³-hybridized carbons (Fsp3) is 0.310. The fourth-order valence-corrected chi connectivity index (χ4v) is 5.52. The molecule has 7 nitrogen and oxygen atoms in total. The van der Waals surface area contributed by atoms with Gasteiger partial charge >= 0.3 is 12.1 Å². The van der Waals surface area contributed by atoms with E-state index in [4.69, 9.17) is 4.74 Å². The SMILES string of the molecule is CN(Cc1ccccc1)C(=O)NC1CCC2c3cc(OC(=O)N(C)c4ccccc4)ccc3N(C)C12. The van der Waals surface area contributed by atoms with Crippen LogP contribution in [-0.2, 0) is 6.54 Å². The number of carbonyl (C=O) groups is 2. The van der Waals surface area contributed by atoms with Crippen LogP contribution in [0, 0.1) is 0 Å². The van der Waals surface area contributed by atoms with E-state index < -0.39 is 6.09 Å². The van der Waals surface area contributed by atoms with Gasteiger partial charge in [0, 0.05) is 45.0 Å². The molecule has 2 aliphatic rings. The predicted molar refractivity (Wildman–Crippen MR) is 142 cm³/mol. The second-order valence-electron chi connectivity index (χ2n) is 9.67. The van der Waals surface area contributed by atoms with E-state index in [1.165, 1.54) is 10.5 Å². The second kappa shape index (κ2) is 9.93. The molecule has 3 aromatic carbocycles. The number of urea groups is 1. The number of benzene rings is 3. The molecule has 3 amide bonds. The lowest BCUT2D eigenvalue weighted by Gasteiger charge is -2.30. The average molecular weight is 485 g/mol. The highest BCUT2D eigenvalue weighted by molar-refractivity contribution is 5.88. The molecule has 0 bridgehead atoms. The monoisotopic (exact) mass is 484 g/mol. The van der Waals surface area contributed by atoms with Gasteiger partial charge in [-0.15, -0.1) is 0 Å². The molecule has 0 radical (unpaired) electrons. The smallest absolute Gasteiger partial charge is 0.410 e. The van der Waals surface area contributed by atoms with E-state index in [9.17, 15) is 9.59 Å². The largest absolute Gasteiger partial charge is 0.419 e. The van der Waals surface area contributed by atoms with E-state index in [2.05, 4.69) is 17.3 Å². The topological polar surface area (TPSA) is 65.1 Å².